The molecular weight excluding hydrogens is 287 g/mol. The Balaban J connectivity index is 2.03. The second kappa shape index (κ2) is 5.82. The molecule has 0 atom stereocenters. The Kier molecular flexibility index (Phi) is 4.11. The van der Waals surface area contributed by atoms with Crippen molar-refractivity contribution in [3.05, 3.63) is 59.4 Å². The Morgan fingerprint density at radius 2 is 1.81 bits per heavy atom. The normalized spacial score (nSPS) is 11.2. The smallest absolute Gasteiger partial charge is 0.416 e. The highest BCUT2D eigenvalue weighted by molar-refractivity contribution is 5.85. The molecule has 0 saturated heterocycles. The van der Waals surface area contributed by atoms with Gasteiger partial charge in [-0.2, -0.15) is 13.2 Å². The van der Waals surface area contributed by atoms with E-state index in [9.17, 15) is 18.0 Å². The van der Waals surface area contributed by atoms with Gasteiger partial charge in [-0.1, -0.05) is 6.07 Å². The summed E-state index contributed by atoms with van der Waals surface area (Å²) in [5.74, 6) is -0.920. The Labute approximate surface area is 117 Å². The van der Waals surface area contributed by atoms with Crippen LogP contribution in [0, 0.1) is 0 Å². The maximum atomic E-state index is 12.4. The molecule has 0 aliphatic heterocycles. The van der Waals surface area contributed by atoms with Crippen molar-refractivity contribution < 1.29 is 27.8 Å². The van der Waals surface area contributed by atoms with Crippen molar-refractivity contribution in [3.8, 4) is 5.75 Å². The number of halogens is 3. The monoisotopic (exact) mass is 297 g/mol. The molecule has 1 heterocycles. The average Bonchev–Trinajstić information content (AvgIpc) is 2.45. The molecule has 1 aromatic heterocycles. The van der Waals surface area contributed by atoms with Crippen molar-refractivity contribution in [1.82, 2.24) is 4.98 Å². The van der Waals surface area contributed by atoms with E-state index in [1.54, 1.807) is 6.07 Å². The summed E-state index contributed by atoms with van der Waals surface area (Å²) in [6, 6.07) is 8.64. The lowest BCUT2D eigenvalue weighted by atomic mass is 10.2. The number of carboxylic acids is 1. The van der Waals surface area contributed by atoms with E-state index in [1.807, 2.05) is 0 Å². The molecule has 7 heteroatoms. The van der Waals surface area contributed by atoms with E-state index in [-0.39, 0.29) is 18.1 Å². The van der Waals surface area contributed by atoms with Crippen LogP contribution in [0.4, 0.5) is 13.2 Å². The third-order valence-corrected chi connectivity index (χ3v) is 2.59. The van der Waals surface area contributed by atoms with Gasteiger partial charge in [-0.15, -0.1) is 0 Å². The topological polar surface area (TPSA) is 59.4 Å². The van der Waals surface area contributed by atoms with Crippen LogP contribution in [-0.2, 0) is 12.8 Å². The van der Waals surface area contributed by atoms with Gasteiger partial charge < -0.3 is 9.84 Å². The molecule has 0 fully saturated rings. The molecule has 110 valence electrons. The maximum Gasteiger partial charge on any atom is 0.416 e. The molecule has 0 unspecified atom stereocenters. The number of pyridine rings is 1. The van der Waals surface area contributed by atoms with Crippen LogP contribution >= 0.6 is 0 Å². The number of carbonyl (C=O) groups is 1. The zero-order valence-electron chi connectivity index (χ0n) is 10.6. The molecule has 0 saturated carbocycles. The van der Waals surface area contributed by atoms with Crippen molar-refractivity contribution in [2.45, 2.75) is 12.8 Å². The van der Waals surface area contributed by atoms with Crippen molar-refractivity contribution in [3.63, 3.8) is 0 Å². The molecule has 21 heavy (non-hydrogen) atoms. The highest BCUT2D eigenvalue weighted by Crippen LogP contribution is 2.30. The molecule has 0 bridgehead atoms. The van der Waals surface area contributed by atoms with Crippen LogP contribution in [0.3, 0.4) is 0 Å². The largest absolute Gasteiger partial charge is 0.487 e. The van der Waals surface area contributed by atoms with Gasteiger partial charge in [0.2, 0.25) is 0 Å². The highest BCUT2D eigenvalue weighted by atomic mass is 19.4. The number of rotatable bonds is 4. The van der Waals surface area contributed by atoms with Crippen LogP contribution in [-0.4, -0.2) is 16.1 Å². The fourth-order valence-electron chi connectivity index (χ4n) is 1.58. The number of nitrogens with zero attached hydrogens (tertiary/aromatic N) is 1. The lowest BCUT2D eigenvalue weighted by Crippen LogP contribution is -2.06. The standard InChI is InChI=1S/C14H10F3NO3/c15-14(16,17)9-4-6-11(7-5-9)21-8-10-2-1-3-12(18-10)13(19)20/h1-7H,8H2,(H,19,20). The summed E-state index contributed by atoms with van der Waals surface area (Å²) in [6.07, 6.45) is -4.39. The lowest BCUT2D eigenvalue weighted by molar-refractivity contribution is -0.137. The van der Waals surface area contributed by atoms with E-state index in [4.69, 9.17) is 9.84 Å². The molecule has 0 spiro atoms. The number of hydrogen-bond acceptors (Lipinski definition) is 3. The van der Waals surface area contributed by atoms with Gasteiger partial charge in [0.25, 0.3) is 0 Å². The van der Waals surface area contributed by atoms with Gasteiger partial charge in [0.1, 0.15) is 18.1 Å². The molecule has 0 amide bonds. The Morgan fingerprint density at radius 3 is 2.38 bits per heavy atom. The molecular formula is C14H10F3NO3. The predicted octanol–water partition coefficient (Wildman–Crippen LogP) is 3.38. The number of aromatic carboxylic acids is 1. The van der Waals surface area contributed by atoms with Crippen molar-refractivity contribution in [2.75, 3.05) is 0 Å². The molecule has 1 N–H and O–H groups in total. The molecule has 1 aromatic carbocycles. The number of aromatic nitrogens is 1. The Bertz CT molecular complexity index is 639. The predicted molar refractivity (Wildman–Crippen MR) is 67.0 cm³/mol. The van der Waals surface area contributed by atoms with Crippen LogP contribution in [0.15, 0.2) is 42.5 Å². The van der Waals surface area contributed by atoms with Crippen LogP contribution in [0.25, 0.3) is 0 Å². The molecule has 2 aromatic rings. The Morgan fingerprint density at radius 1 is 1.14 bits per heavy atom. The first-order valence-corrected chi connectivity index (χ1v) is 5.85. The minimum Gasteiger partial charge on any atom is -0.487 e. The fraction of sp³-hybridized carbons (Fsp3) is 0.143. The van der Waals surface area contributed by atoms with Crippen LogP contribution in [0.2, 0.25) is 0 Å². The minimum atomic E-state index is -4.39. The zero-order valence-corrected chi connectivity index (χ0v) is 10.6. The van der Waals surface area contributed by atoms with Gasteiger partial charge in [-0.3, -0.25) is 0 Å². The summed E-state index contributed by atoms with van der Waals surface area (Å²) in [5, 5.41) is 8.79. The molecule has 0 aliphatic rings. The zero-order chi connectivity index (χ0) is 15.5. The number of carboxylic acid groups (broad SMARTS) is 1. The second-order valence-corrected chi connectivity index (χ2v) is 4.13. The quantitative estimate of drug-likeness (QED) is 0.940. The van der Waals surface area contributed by atoms with Crippen LogP contribution in [0.1, 0.15) is 21.7 Å². The van der Waals surface area contributed by atoms with Crippen LogP contribution in [0.5, 0.6) is 5.75 Å². The van der Waals surface area contributed by atoms with Crippen molar-refractivity contribution in [1.29, 1.82) is 0 Å². The SMILES string of the molecule is O=C(O)c1cccc(COc2ccc(C(F)(F)F)cc2)n1. The van der Waals surface area contributed by atoms with Crippen molar-refractivity contribution >= 4 is 5.97 Å². The van der Waals surface area contributed by atoms with E-state index in [2.05, 4.69) is 4.98 Å². The van der Waals surface area contributed by atoms with Crippen molar-refractivity contribution in [2.24, 2.45) is 0 Å². The third kappa shape index (κ3) is 3.95. The number of ether oxygens (including phenoxy) is 1. The third-order valence-electron chi connectivity index (χ3n) is 2.59. The molecule has 0 aliphatic carbocycles. The average molecular weight is 297 g/mol. The van der Waals surface area contributed by atoms with Gasteiger partial charge in [-0.05, 0) is 36.4 Å². The number of benzene rings is 1. The van der Waals surface area contributed by atoms with Gasteiger partial charge in [0.05, 0.1) is 11.3 Å². The van der Waals surface area contributed by atoms with E-state index in [0.717, 1.165) is 12.1 Å². The second-order valence-electron chi connectivity index (χ2n) is 4.13. The minimum absolute atomic E-state index is 0.0352. The van der Waals surface area contributed by atoms with E-state index in [1.165, 1.54) is 24.3 Å². The summed E-state index contributed by atoms with van der Waals surface area (Å²) in [4.78, 5) is 14.6. The molecule has 4 nitrogen and oxygen atoms in total. The van der Waals surface area contributed by atoms with E-state index in [0.29, 0.717) is 5.69 Å². The van der Waals surface area contributed by atoms with E-state index < -0.39 is 17.7 Å². The lowest BCUT2D eigenvalue weighted by Gasteiger charge is -2.09. The van der Waals surface area contributed by atoms with Gasteiger partial charge in [0, 0.05) is 0 Å². The summed E-state index contributed by atoms with van der Waals surface area (Å²) in [5.41, 5.74) is -0.515. The number of hydrogen-bond donors (Lipinski definition) is 1. The summed E-state index contributed by atoms with van der Waals surface area (Å²) < 4.78 is 42.4. The first-order chi connectivity index (χ1) is 9.86. The van der Waals surface area contributed by atoms with Gasteiger partial charge >= 0.3 is 12.1 Å². The first-order valence-electron chi connectivity index (χ1n) is 5.85. The van der Waals surface area contributed by atoms with Gasteiger partial charge in [-0.25, -0.2) is 9.78 Å². The number of alkyl halides is 3. The van der Waals surface area contributed by atoms with Crippen LogP contribution < -0.4 is 4.74 Å². The fourth-order valence-corrected chi connectivity index (χ4v) is 1.58. The van der Waals surface area contributed by atoms with Gasteiger partial charge in [0.15, 0.2) is 0 Å². The highest BCUT2D eigenvalue weighted by Gasteiger charge is 2.29. The Hall–Kier alpha value is -2.57. The summed E-state index contributed by atoms with van der Waals surface area (Å²) in [6.45, 7) is -0.0352. The van der Waals surface area contributed by atoms with E-state index >= 15 is 0 Å². The molecule has 2 rings (SSSR count). The first kappa shape index (κ1) is 14.8. The summed E-state index contributed by atoms with van der Waals surface area (Å²) >= 11 is 0. The summed E-state index contributed by atoms with van der Waals surface area (Å²) in [7, 11) is 0. The molecule has 0 radical (unpaired) electrons. The maximum absolute atomic E-state index is 12.4.